The fourth-order valence-corrected chi connectivity index (χ4v) is 5.63. The topological polar surface area (TPSA) is 125 Å². The van der Waals surface area contributed by atoms with E-state index >= 15 is 8.78 Å². The second-order valence-corrected chi connectivity index (χ2v) is 11.4. The van der Waals surface area contributed by atoms with E-state index in [1.54, 1.807) is 6.07 Å². The molecule has 0 unspecified atom stereocenters. The van der Waals surface area contributed by atoms with Crippen molar-refractivity contribution in [3.63, 3.8) is 0 Å². The smallest absolute Gasteiger partial charge is 0.432 e. The molecule has 3 aromatic rings. The van der Waals surface area contributed by atoms with Crippen LogP contribution in [0.3, 0.4) is 0 Å². The van der Waals surface area contributed by atoms with Crippen molar-refractivity contribution in [3.05, 3.63) is 70.6 Å². The first-order chi connectivity index (χ1) is 19.7. The number of rotatable bonds is 16. The van der Waals surface area contributed by atoms with Crippen molar-refractivity contribution in [2.24, 2.45) is 0 Å². The molecule has 0 fully saturated rings. The third-order valence-corrected chi connectivity index (χ3v) is 8.25. The van der Waals surface area contributed by atoms with Crippen molar-refractivity contribution < 1.29 is 60.4 Å². The van der Waals surface area contributed by atoms with E-state index in [0.717, 1.165) is 21.2 Å². The number of fused-ring (bicyclic) bond motifs is 1. The summed E-state index contributed by atoms with van der Waals surface area (Å²) < 4.78 is 83.0. The van der Waals surface area contributed by atoms with Crippen LogP contribution in [-0.4, -0.2) is 66.5 Å². The predicted molar refractivity (Wildman–Crippen MR) is 143 cm³/mol. The van der Waals surface area contributed by atoms with Crippen molar-refractivity contribution in [2.75, 3.05) is 54.2 Å². The van der Waals surface area contributed by atoms with Gasteiger partial charge in [0.25, 0.3) is 0 Å². The van der Waals surface area contributed by atoms with E-state index in [1.807, 2.05) is 30.3 Å². The maximum Gasteiger partial charge on any atom is 0.510 e. The third kappa shape index (κ3) is 9.45. The highest BCUT2D eigenvalue weighted by Gasteiger charge is 2.56. The lowest BCUT2D eigenvalue weighted by molar-refractivity contribution is -0.0500. The largest absolute Gasteiger partial charge is 0.510 e. The number of hydrogen-bond donors (Lipinski definition) is 0. The van der Waals surface area contributed by atoms with Gasteiger partial charge in [-0.05, 0) is 29.1 Å². The summed E-state index contributed by atoms with van der Waals surface area (Å²) in [4.78, 5) is 24.2. The molecule has 11 nitrogen and oxygen atoms in total. The fraction of sp³-hybridized carbons (Fsp3) is 0.385. The Labute approximate surface area is 238 Å². The molecular formula is C26H29F2O11PS. The Kier molecular flexibility index (Phi) is 12.4. The summed E-state index contributed by atoms with van der Waals surface area (Å²) in [6, 6.07) is 15.1. The summed E-state index contributed by atoms with van der Waals surface area (Å²) in [6.45, 7) is -2.65. The second-order valence-electron chi connectivity index (χ2n) is 8.13. The molecule has 0 aliphatic heterocycles. The molecular weight excluding hydrogens is 589 g/mol. The van der Waals surface area contributed by atoms with Gasteiger partial charge in [0, 0.05) is 35.8 Å². The Morgan fingerprint density at radius 2 is 1.39 bits per heavy atom. The molecule has 0 spiro atoms. The van der Waals surface area contributed by atoms with Gasteiger partial charge >= 0.3 is 25.6 Å². The van der Waals surface area contributed by atoms with Gasteiger partial charge in [0.2, 0.25) is 13.6 Å². The average Bonchev–Trinajstić information content (AvgIpc) is 3.35. The van der Waals surface area contributed by atoms with E-state index < -0.39 is 44.7 Å². The monoisotopic (exact) mass is 618 g/mol. The molecule has 1 aromatic heterocycles. The van der Waals surface area contributed by atoms with E-state index in [2.05, 4.69) is 18.9 Å². The van der Waals surface area contributed by atoms with Crippen molar-refractivity contribution in [3.8, 4) is 0 Å². The summed E-state index contributed by atoms with van der Waals surface area (Å²) >= 11 is 1.43. The summed E-state index contributed by atoms with van der Waals surface area (Å²) in [6.07, 6.45) is -1.95. The minimum Gasteiger partial charge on any atom is -0.432 e. The lowest BCUT2D eigenvalue weighted by Crippen LogP contribution is -2.22. The average molecular weight is 619 g/mol. The van der Waals surface area contributed by atoms with Crippen molar-refractivity contribution in [1.82, 2.24) is 0 Å². The SMILES string of the molecule is COCCOC(=O)OCOP(=O)(OCOC(=O)OCCOC)C(F)(F)c1ccc2sc(Cc3ccccc3)cc2c1. The molecule has 1 heterocycles. The number of thiophene rings is 1. The highest BCUT2D eigenvalue weighted by atomic mass is 32.1. The minimum atomic E-state index is -5.49. The van der Waals surface area contributed by atoms with E-state index in [0.29, 0.717) is 11.8 Å². The highest BCUT2D eigenvalue weighted by Crippen LogP contribution is 2.67. The van der Waals surface area contributed by atoms with Crippen molar-refractivity contribution in [2.45, 2.75) is 12.1 Å². The number of methoxy groups -OCH3 is 2. The van der Waals surface area contributed by atoms with Crippen LogP contribution >= 0.6 is 18.9 Å². The first-order valence-electron chi connectivity index (χ1n) is 12.1. The van der Waals surface area contributed by atoms with Gasteiger partial charge in [0.1, 0.15) is 13.2 Å². The Balaban J connectivity index is 1.76. The van der Waals surface area contributed by atoms with E-state index in [9.17, 15) is 14.2 Å². The molecule has 15 heteroatoms. The van der Waals surface area contributed by atoms with Crippen LogP contribution in [-0.2, 0) is 54.1 Å². The van der Waals surface area contributed by atoms with Crippen molar-refractivity contribution >= 4 is 41.3 Å². The molecule has 0 radical (unpaired) electrons. The Bertz CT molecular complexity index is 1290. The van der Waals surface area contributed by atoms with Crippen LogP contribution in [0.4, 0.5) is 18.4 Å². The zero-order valence-corrected chi connectivity index (χ0v) is 24.0. The number of hydrogen-bond acceptors (Lipinski definition) is 12. The van der Waals surface area contributed by atoms with Gasteiger partial charge in [-0.25, -0.2) is 9.59 Å². The number of carbonyl (C=O) groups excluding carboxylic acids is 2. The Hall–Kier alpha value is -3.13. The summed E-state index contributed by atoms with van der Waals surface area (Å²) in [5.41, 5.74) is -3.89. The quantitative estimate of drug-likeness (QED) is 0.0779. The lowest BCUT2D eigenvalue weighted by Gasteiger charge is -2.26. The van der Waals surface area contributed by atoms with E-state index in [1.165, 1.54) is 37.7 Å². The lowest BCUT2D eigenvalue weighted by atomic mass is 10.1. The molecule has 0 saturated heterocycles. The Morgan fingerprint density at radius 1 is 0.805 bits per heavy atom. The standard InChI is InChI=1S/C26H29F2O11PS/c1-32-10-12-34-24(29)36-17-38-40(31,39-18-37-25(30)35-13-11-33-2)26(27,28)21-8-9-23-20(15-21)16-22(41-23)14-19-6-4-3-5-7-19/h3-9,15-16H,10-14,17-18H2,1-2H3. The third-order valence-electron chi connectivity index (χ3n) is 5.29. The molecule has 0 atom stereocenters. The predicted octanol–water partition coefficient (Wildman–Crippen LogP) is 6.28. The van der Waals surface area contributed by atoms with Gasteiger partial charge < -0.3 is 28.4 Å². The van der Waals surface area contributed by atoms with Crippen LogP contribution in [0.15, 0.2) is 54.6 Å². The zero-order chi connectivity index (χ0) is 29.7. The highest BCUT2D eigenvalue weighted by molar-refractivity contribution is 7.54. The minimum absolute atomic E-state index is 0.0611. The molecule has 3 rings (SSSR count). The first kappa shape index (κ1) is 32.4. The van der Waals surface area contributed by atoms with E-state index in [4.69, 9.17) is 18.5 Å². The van der Waals surface area contributed by atoms with Crippen LogP contribution in [0.5, 0.6) is 0 Å². The van der Waals surface area contributed by atoms with Crippen LogP contribution in [0, 0.1) is 0 Å². The number of ether oxygens (including phenoxy) is 6. The van der Waals surface area contributed by atoms with Crippen molar-refractivity contribution in [1.29, 1.82) is 0 Å². The summed E-state index contributed by atoms with van der Waals surface area (Å²) in [7, 11) is -2.74. The fourth-order valence-electron chi connectivity index (χ4n) is 3.31. The van der Waals surface area contributed by atoms with E-state index in [-0.39, 0.29) is 26.4 Å². The summed E-state index contributed by atoms with van der Waals surface area (Å²) in [5.74, 6) is 0. The molecule has 41 heavy (non-hydrogen) atoms. The zero-order valence-electron chi connectivity index (χ0n) is 22.2. The van der Waals surface area contributed by atoms with Crippen LogP contribution in [0.25, 0.3) is 10.1 Å². The first-order valence-corrected chi connectivity index (χ1v) is 14.5. The molecule has 0 aliphatic rings. The molecule has 0 aliphatic carbocycles. The number of halogens is 2. The van der Waals surface area contributed by atoms with Crippen LogP contribution in [0.1, 0.15) is 16.0 Å². The van der Waals surface area contributed by atoms with Gasteiger partial charge in [-0.15, -0.1) is 11.3 Å². The molecule has 224 valence electrons. The van der Waals surface area contributed by atoms with Gasteiger partial charge in [0.15, 0.2) is 0 Å². The Morgan fingerprint density at radius 3 is 1.95 bits per heavy atom. The van der Waals surface area contributed by atoms with Crippen LogP contribution in [0.2, 0.25) is 0 Å². The normalized spacial score (nSPS) is 11.8. The molecule has 0 amide bonds. The summed E-state index contributed by atoms with van der Waals surface area (Å²) in [5, 5.41) is 0.487. The van der Waals surface area contributed by atoms with Gasteiger partial charge in [-0.3, -0.25) is 13.6 Å². The maximum absolute atomic E-state index is 15.7. The van der Waals surface area contributed by atoms with Gasteiger partial charge in [-0.1, -0.05) is 36.4 Å². The van der Waals surface area contributed by atoms with Crippen LogP contribution < -0.4 is 0 Å². The maximum atomic E-state index is 15.7. The molecule has 0 bridgehead atoms. The molecule has 0 saturated carbocycles. The second kappa shape index (κ2) is 15.8. The molecule has 2 aromatic carbocycles. The van der Waals surface area contributed by atoms with Gasteiger partial charge in [0.05, 0.1) is 13.2 Å². The van der Waals surface area contributed by atoms with Gasteiger partial charge in [-0.2, -0.15) is 8.78 Å². The number of carbonyl (C=O) groups is 2. The number of benzene rings is 2. The number of alkyl halides is 2. The molecule has 0 N–H and O–H groups in total.